The van der Waals surface area contributed by atoms with Crippen LogP contribution in [0.25, 0.3) is 0 Å². The molecule has 1 aromatic heterocycles. The number of hydrogen-bond acceptors (Lipinski definition) is 6. The van der Waals surface area contributed by atoms with Crippen molar-refractivity contribution >= 4 is 11.6 Å². The number of nitrogens with zero attached hydrogens (tertiary/aromatic N) is 2. The lowest BCUT2D eigenvalue weighted by atomic mass is 9.52. The first-order chi connectivity index (χ1) is 16.6. The van der Waals surface area contributed by atoms with E-state index in [1.54, 1.807) is 18.5 Å². The quantitative estimate of drug-likeness (QED) is 0.610. The van der Waals surface area contributed by atoms with Crippen LogP contribution in [0.15, 0.2) is 36.2 Å². The number of ether oxygens (including phenoxy) is 1. The molecule has 9 atom stereocenters. The van der Waals surface area contributed by atoms with Gasteiger partial charge in [-0.25, -0.2) is 4.39 Å². The number of likely N-dealkylation sites (N-methyl/N-ethyl adjacent to an activating group) is 1. The van der Waals surface area contributed by atoms with Gasteiger partial charge in [-0.1, -0.05) is 13.0 Å². The van der Waals surface area contributed by atoms with Crippen LogP contribution in [0, 0.1) is 17.3 Å². The zero-order valence-electron chi connectivity index (χ0n) is 20.7. The molecule has 35 heavy (non-hydrogen) atoms. The molecule has 0 aromatic carbocycles. The predicted molar refractivity (Wildman–Crippen MR) is 128 cm³/mol. The normalized spacial score (nSPS) is 48.1. The number of pyridine rings is 1. The molecule has 1 aromatic rings. The first-order valence-electron chi connectivity index (χ1n) is 12.9. The van der Waals surface area contributed by atoms with E-state index in [2.05, 4.69) is 17.2 Å². The van der Waals surface area contributed by atoms with Gasteiger partial charge in [0.05, 0.1) is 29.7 Å². The summed E-state index contributed by atoms with van der Waals surface area (Å²) in [5.41, 5.74) is -2.37. The first kappa shape index (κ1) is 23.5. The maximum Gasteiger partial charge on any atom is 0.251 e. The molecule has 3 N–H and O–H groups in total. The van der Waals surface area contributed by atoms with E-state index >= 15 is 4.39 Å². The lowest BCUT2D eigenvalue weighted by Crippen LogP contribution is -2.72. The van der Waals surface area contributed by atoms with Crippen LogP contribution in [0.4, 0.5) is 10.1 Å². The fourth-order valence-electron chi connectivity index (χ4n) is 8.55. The van der Waals surface area contributed by atoms with Gasteiger partial charge >= 0.3 is 0 Å². The number of aliphatic hydroxyl groups is 2. The Morgan fingerprint density at radius 1 is 1.20 bits per heavy atom. The zero-order chi connectivity index (χ0) is 24.8. The molecule has 2 saturated heterocycles. The third-order valence-corrected chi connectivity index (χ3v) is 10.4. The smallest absolute Gasteiger partial charge is 0.251 e. The molecule has 2 saturated carbocycles. The van der Waals surface area contributed by atoms with Gasteiger partial charge in [0.1, 0.15) is 11.3 Å². The average molecular weight is 486 g/mol. The first-order valence-corrected chi connectivity index (χ1v) is 12.9. The minimum absolute atomic E-state index is 0.148. The molecule has 2 aliphatic heterocycles. The highest BCUT2D eigenvalue weighted by Crippen LogP contribution is 2.72. The second kappa shape index (κ2) is 7.57. The number of carbonyl (C=O) groups excluding carboxylic acids is 1. The summed E-state index contributed by atoms with van der Waals surface area (Å²) in [5, 5.41) is 24.9. The van der Waals surface area contributed by atoms with Crippen molar-refractivity contribution in [3.8, 4) is 0 Å². The molecule has 0 radical (unpaired) electrons. The Labute approximate surface area is 205 Å². The molecule has 3 heterocycles. The van der Waals surface area contributed by atoms with Gasteiger partial charge in [0.2, 0.25) is 0 Å². The van der Waals surface area contributed by atoms with E-state index in [0.717, 1.165) is 0 Å². The van der Waals surface area contributed by atoms with Gasteiger partial charge in [-0.2, -0.15) is 0 Å². The van der Waals surface area contributed by atoms with Gasteiger partial charge in [0.25, 0.3) is 5.91 Å². The lowest BCUT2D eigenvalue weighted by molar-refractivity contribution is -0.315. The molecule has 2 bridgehead atoms. The Balaban J connectivity index is 1.32. The molecular formula is C27H36FN3O4. The predicted octanol–water partition coefficient (Wildman–Crippen LogP) is 2.84. The van der Waals surface area contributed by atoms with Gasteiger partial charge in [-0.05, 0) is 71.2 Å². The number of anilines is 1. The summed E-state index contributed by atoms with van der Waals surface area (Å²) in [6.07, 6.45) is 6.77. The summed E-state index contributed by atoms with van der Waals surface area (Å²) >= 11 is 0. The summed E-state index contributed by atoms with van der Waals surface area (Å²) in [6.45, 7) is 2.09. The topological polar surface area (TPSA) is 94.9 Å². The van der Waals surface area contributed by atoms with E-state index in [0.29, 0.717) is 43.4 Å². The van der Waals surface area contributed by atoms with Gasteiger partial charge in [-0.15, -0.1) is 0 Å². The lowest BCUT2D eigenvalue weighted by Gasteiger charge is -2.63. The maximum atomic E-state index is 17.0. The SMILES string of the molecule is CN(C)[C@H]1C[C@@]23CC[C@]4(O2)C2CC=C(C(=O)Nc5cccnc5)[C@@]2(C)CCC4(F)CC3[C@@H](O)[C@@H]1O. The zero-order valence-corrected chi connectivity index (χ0v) is 20.7. The Morgan fingerprint density at radius 2 is 2.00 bits per heavy atom. The number of aliphatic hydroxyl groups excluding tert-OH is 2. The number of allylic oxidation sites excluding steroid dienone is 1. The molecule has 1 amide bonds. The summed E-state index contributed by atoms with van der Waals surface area (Å²) in [6, 6.07) is 3.34. The number of hydrogen-bond donors (Lipinski definition) is 3. The Bertz CT molecular complexity index is 1070. The second-order valence-electron chi connectivity index (χ2n) is 12.1. The van der Waals surface area contributed by atoms with Gasteiger partial charge < -0.3 is 25.2 Å². The summed E-state index contributed by atoms with van der Waals surface area (Å²) in [7, 11) is 3.80. The standard InChI is InChI=1S/C27H36FN3O4/c1-24-8-10-26(28)13-18-21(32)22(33)19(31(2)3)14-25(18)9-11-27(26,35-25)20(24)7-6-17(24)23(34)30-16-5-4-12-29-15-16/h4-6,12,15,18-22,32-33H,7-11,13-14H2,1-3H3,(H,30,34)/t18?,19-,20?,21+,22+,24+,25+,26?,27-/m0/s1. The Morgan fingerprint density at radius 3 is 2.71 bits per heavy atom. The molecule has 6 rings (SSSR count). The average Bonchev–Trinajstić information content (AvgIpc) is 3.36. The molecule has 3 unspecified atom stereocenters. The Hall–Kier alpha value is -1.87. The number of halogens is 1. The van der Waals surface area contributed by atoms with E-state index in [9.17, 15) is 15.0 Å². The monoisotopic (exact) mass is 485 g/mol. The minimum atomic E-state index is -1.59. The van der Waals surface area contributed by atoms with Crippen molar-refractivity contribution in [2.45, 2.75) is 87.0 Å². The third kappa shape index (κ3) is 3.03. The number of amides is 1. The largest absolute Gasteiger partial charge is 0.390 e. The van der Waals surface area contributed by atoms with Crippen LogP contribution < -0.4 is 5.32 Å². The summed E-state index contributed by atoms with van der Waals surface area (Å²) in [4.78, 5) is 19.3. The highest BCUT2D eigenvalue weighted by Gasteiger charge is 2.77. The third-order valence-electron chi connectivity index (χ3n) is 10.4. The van der Waals surface area contributed by atoms with Crippen molar-refractivity contribution < 1.29 is 24.1 Å². The molecule has 190 valence electrons. The van der Waals surface area contributed by atoms with E-state index in [4.69, 9.17) is 4.74 Å². The highest BCUT2D eigenvalue weighted by molar-refractivity contribution is 6.05. The highest BCUT2D eigenvalue weighted by atomic mass is 19.1. The Kier molecular flexibility index (Phi) is 5.09. The van der Waals surface area contributed by atoms with Gasteiger partial charge in [-0.3, -0.25) is 9.78 Å². The van der Waals surface area contributed by atoms with Crippen molar-refractivity contribution in [2.75, 3.05) is 19.4 Å². The number of fused-ring (bicyclic) bond motifs is 1. The van der Waals surface area contributed by atoms with E-state index in [1.807, 2.05) is 31.1 Å². The van der Waals surface area contributed by atoms with Crippen molar-refractivity contribution in [1.82, 2.24) is 9.88 Å². The molecule has 2 spiro atoms. The van der Waals surface area contributed by atoms with Crippen molar-refractivity contribution in [3.63, 3.8) is 0 Å². The molecule has 5 aliphatic rings. The van der Waals surface area contributed by atoms with Crippen molar-refractivity contribution in [2.24, 2.45) is 17.3 Å². The number of nitrogens with one attached hydrogen (secondary N) is 1. The summed E-state index contributed by atoms with van der Waals surface area (Å²) < 4.78 is 24.0. The van der Waals surface area contributed by atoms with Crippen LogP contribution in [0.2, 0.25) is 0 Å². The van der Waals surface area contributed by atoms with Crippen LogP contribution in [0.5, 0.6) is 0 Å². The maximum absolute atomic E-state index is 17.0. The van der Waals surface area contributed by atoms with E-state index in [1.165, 1.54) is 0 Å². The molecule has 4 fully saturated rings. The fraction of sp³-hybridized carbons (Fsp3) is 0.704. The molecule has 7 nitrogen and oxygen atoms in total. The number of rotatable bonds is 3. The summed E-state index contributed by atoms with van der Waals surface area (Å²) in [5.74, 6) is -0.733. The fourth-order valence-corrected chi connectivity index (χ4v) is 8.55. The minimum Gasteiger partial charge on any atom is -0.390 e. The van der Waals surface area contributed by atoms with Crippen LogP contribution in [0.1, 0.15) is 51.9 Å². The van der Waals surface area contributed by atoms with Crippen molar-refractivity contribution in [3.05, 3.63) is 36.2 Å². The van der Waals surface area contributed by atoms with Crippen LogP contribution in [-0.2, 0) is 9.53 Å². The van der Waals surface area contributed by atoms with Crippen LogP contribution in [0.3, 0.4) is 0 Å². The molecule has 3 aliphatic carbocycles. The van der Waals surface area contributed by atoms with Crippen LogP contribution >= 0.6 is 0 Å². The van der Waals surface area contributed by atoms with E-state index < -0.39 is 40.4 Å². The second-order valence-corrected chi connectivity index (χ2v) is 12.1. The number of aromatic nitrogens is 1. The number of carbonyl (C=O) groups is 1. The molecular weight excluding hydrogens is 449 g/mol. The van der Waals surface area contributed by atoms with Crippen LogP contribution in [-0.4, -0.2) is 75.2 Å². The number of alkyl halides is 1. The van der Waals surface area contributed by atoms with Crippen molar-refractivity contribution in [1.29, 1.82) is 0 Å². The van der Waals surface area contributed by atoms with Gasteiger partial charge in [0, 0.05) is 35.1 Å². The van der Waals surface area contributed by atoms with E-state index in [-0.39, 0.29) is 30.7 Å². The molecule has 8 heteroatoms. The van der Waals surface area contributed by atoms with Gasteiger partial charge in [0.15, 0.2) is 0 Å².